The van der Waals surface area contributed by atoms with Crippen LogP contribution in [0.1, 0.15) is 30.1 Å². The molecule has 1 fully saturated rings. The molecule has 0 atom stereocenters. The summed E-state index contributed by atoms with van der Waals surface area (Å²) in [4.78, 5) is 12.6. The van der Waals surface area contributed by atoms with Crippen molar-refractivity contribution in [2.45, 2.75) is 25.4 Å². The van der Waals surface area contributed by atoms with E-state index in [-0.39, 0.29) is 11.5 Å². The second kappa shape index (κ2) is 7.80. The van der Waals surface area contributed by atoms with Gasteiger partial charge in [-0.2, -0.15) is 0 Å². The van der Waals surface area contributed by atoms with Crippen molar-refractivity contribution in [1.29, 1.82) is 0 Å². The average Bonchev–Trinajstić information content (AvgIpc) is 2.70. The minimum Gasteiger partial charge on any atom is -0.489 e. The van der Waals surface area contributed by atoms with Crippen molar-refractivity contribution in [3.05, 3.63) is 73.8 Å². The third kappa shape index (κ3) is 3.64. The molecule has 0 radical (unpaired) electrons. The highest BCUT2D eigenvalue weighted by atomic mass is 127. The lowest BCUT2D eigenvalue weighted by Gasteiger charge is -2.22. The molecule has 1 aliphatic heterocycles. The normalized spacial score (nSPS) is 15.3. The molecule has 134 valence electrons. The van der Waals surface area contributed by atoms with Gasteiger partial charge in [-0.25, -0.2) is 4.79 Å². The van der Waals surface area contributed by atoms with Crippen LogP contribution in [-0.2, 0) is 11.3 Å². The van der Waals surface area contributed by atoms with E-state index in [1.165, 1.54) is 0 Å². The first kappa shape index (κ1) is 17.5. The van der Waals surface area contributed by atoms with Gasteiger partial charge < -0.3 is 13.9 Å². The summed E-state index contributed by atoms with van der Waals surface area (Å²) in [5.74, 6) is 1.72. The van der Waals surface area contributed by atoms with Gasteiger partial charge in [-0.3, -0.25) is 0 Å². The molecule has 2 heterocycles. The molecule has 1 aromatic heterocycles. The summed E-state index contributed by atoms with van der Waals surface area (Å²) in [7, 11) is 0. The minimum absolute atomic E-state index is 0.252. The number of hydrogen-bond donors (Lipinski definition) is 0. The fourth-order valence-electron chi connectivity index (χ4n) is 3.27. The molecule has 0 amide bonds. The van der Waals surface area contributed by atoms with Gasteiger partial charge in [0, 0.05) is 24.5 Å². The van der Waals surface area contributed by atoms with Gasteiger partial charge in [-0.1, -0.05) is 30.3 Å². The van der Waals surface area contributed by atoms with Crippen molar-refractivity contribution in [2.24, 2.45) is 0 Å². The maximum absolute atomic E-state index is 12.6. The Bertz CT molecular complexity index is 959. The molecular formula is C21H19IO4. The lowest BCUT2D eigenvalue weighted by Crippen LogP contribution is -2.17. The van der Waals surface area contributed by atoms with Crippen LogP contribution in [0.15, 0.2) is 57.7 Å². The van der Waals surface area contributed by atoms with Gasteiger partial charge in [0.05, 0.1) is 8.96 Å². The molecule has 1 aliphatic rings. The number of ether oxygens (including phenoxy) is 2. The van der Waals surface area contributed by atoms with Crippen molar-refractivity contribution in [1.82, 2.24) is 0 Å². The van der Waals surface area contributed by atoms with Crippen molar-refractivity contribution in [2.75, 3.05) is 13.2 Å². The number of rotatable bonds is 4. The van der Waals surface area contributed by atoms with E-state index >= 15 is 0 Å². The first-order valence-electron chi connectivity index (χ1n) is 8.73. The molecule has 1 saturated heterocycles. The molecule has 0 unspecified atom stereocenters. The molecular weight excluding hydrogens is 443 g/mol. The molecule has 26 heavy (non-hydrogen) atoms. The quantitative estimate of drug-likeness (QED) is 0.520. The average molecular weight is 462 g/mol. The van der Waals surface area contributed by atoms with Crippen LogP contribution in [0.5, 0.6) is 5.75 Å². The van der Waals surface area contributed by atoms with Crippen molar-refractivity contribution < 1.29 is 13.9 Å². The maximum Gasteiger partial charge on any atom is 0.344 e. The molecule has 2 aromatic carbocycles. The summed E-state index contributed by atoms with van der Waals surface area (Å²) in [5, 5.41) is 1.49. The lowest BCUT2D eigenvalue weighted by molar-refractivity contribution is 0.0797. The number of fused-ring (bicyclic) bond motifs is 1. The van der Waals surface area contributed by atoms with Crippen LogP contribution in [0.25, 0.3) is 10.8 Å². The number of hydrogen-bond acceptors (Lipinski definition) is 4. The van der Waals surface area contributed by atoms with Gasteiger partial charge in [0.25, 0.3) is 0 Å². The second-order valence-electron chi connectivity index (χ2n) is 6.44. The van der Waals surface area contributed by atoms with Gasteiger partial charge >= 0.3 is 5.63 Å². The highest BCUT2D eigenvalue weighted by molar-refractivity contribution is 14.1. The van der Waals surface area contributed by atoms with Crippen molar-refractivity contribution in [3.8, 4) is 5.75 Å². The largest absolute Gasteiger partial charge is 0.489 e. The van der Waals surface area contributed by atoms with Crippen LogP contribution >= 0.6 is 22.6 Å². The first-order chi connectivity index (χ1) is 12.7. The summed E-state index contributed by atoms with van der Waals surface area (Å²) in [6.07, 6.45) is 1.78. The fourth-order valence-corrected chi connectivity index (χ4v) is 4.29. The standard InChI is InChI=1S/C21H19IO4/c22-19-17-7-6-16(25-13-14-4-2-1-3-5-14)12-18(17)21(23)26-20(19)15-8-10-24-11-9-15/h1-7,12,15H,8-11,13H2. The Morgan fingerprint density at radius 2 is 1.81 bits per heavy atom. The van der Waals surface area contributed by atoms with E-state index in [0.717, 1.165) is 46.3 Å². The maximum atomic E-state index is 12.6. The summed E-state index contributed by atoms with van der Waals surface area (Å²) in [6, 6.07) is 15.6. The van der Waals surface area contributed by atoms with E-state index in [4.69, 9.17) is 13.9 Å². The third-order valence-corrected chi connectivity index (χ3v) is 5.82. The molecule has 0 N–H and O–H groups in total. The third-order valence-electron chi connectivity index (χ3n) is 4.71. The topological polar surface area (TPSA) is 48.7 Å². The molecule has 4 nitrogen and oxygen atoms in total. The Kier molecular flexibility index (Phi) is 5.26. The fraction of sp³-hybridized carbons (Fsp3) is 0.286. The van der Waals surface area contributed by atoms with Gasteiger partial charge in [-0.05, 0) is 59.2 Å². The number of benzene rings is 2. The van der Waals surface area contributed by atoms with Gasteiger partial charge in [0.1, 0.15) is 18.1 Å². The highest BCUT2D eigenvalue weighted by Crippen LogP contribution is 2.33. The van der Waals surface area contributed by atoms with Crippen molar-refractivity contribution in [3.63, 3.8) is 0 Å². The van der Waals surface area contributed by atoms with E-state index in [1.54, 1.807) is 6.07 Å². The van der Waals surface area contributed by atoms with E-state index in [2.05, 4.69) is 22.6 Å². The highest BCUT2D eigenvalue weighted by Gasteiger charge is 2.23. The molecule has 5 heteroatoms. The summed E-state index contributed by atoms with van der Waals surface area (Å²) >= 11 is 2.29. The van der Waals surface area contributed by atoms with Gasteiger partial charge in [0.15, 0.2) is 0 Å². The van der Waals surface area contributed by atoms with Crippen LogP contribution in [0.3, 0.4) is 0 Å². The molecule has 3 aromatic rings. The van der Waals surface area contributed by atoms with E-state index < -0.39 is 0 Å². The molecule has 0 saturated carbocycles. The summed E-state index contributed by atoms with van der Waals surface area (Å²) in [6.45, 7) is 1.90. The summed E-state index contributed by atoms with van der Waals surface area (Å²) < 4.78 is 18.0. The monoisotopic (exact) mass is 462 g/mol. The van der Waals surface area contributed by atoms with Crippen LogP contribution in [0, 0.1) is 3.57 Å². The van der Waals surface area contributed by atoms with Crippen LogP contribution < -0.4 is 10.4 Å². The second-order valence-corrected chi connectivity index (χ2v) is 7.51. The first-order valence-corrected chi connectivity index (χ1v) is 9.81. The van der Waals surface area contributed by atoms with Crippen LogP contribution in [-0.4, -0.2) is 13.2 Å². The Balaban J connectivity index is 1.64. The molecule has 0 spiro atoms. The lowest BCUT2D eigenvalue weighted by atomic mass is 9.96. The molecule has 4 rings (SSSR count). The smallest absolute Gasteiger partial charge is 0.344 e. The minimum atomic E-state index is -0.299. The predicted molar refractivity (Wildman–Crippen MR) is 109 cm³/mol. The Labute approximate surface area is 165 Å². The zero-order valence-electron chi connectivity index (χ0n) is 14.2. The Morgan fingerprint density at radius 1 is 1.04 bits per heavy atom. The van der Waals surface area contributed by atoms with Crippen molar-refractivity contribution >= 4 is 33.4 Å². The van der Waals surface area contributed by atoms with Crippen LogP contribution in [0.4, 0.5) is 0 Å². The zero-order valence-corrected chi connectivity index (χ0v) is 16.4. The zero-order chi connectivity index (χ0) is 17.9. The number of halogens is 1. The Hall–Kier alpha value is -1.86. The van der Waals surface area contributed by atoms with Gasteiger partial charge in [0.2, 0.25) is 0 Å². The van der Waals surface area contributed by atoms with E-state index in [9.17, 15) is 4.79 Å². The molecule has 0 bridgehead atoms. The van der Waals surface area contributed by atoms with Gasteiger partial charge in [-0.15, -0.1) is 0 Å². The molecule has 0 aliphatic carbocycles. The SMILES string of the molecule is O=c1oc(C2CCOCC2)c(I)c2ccc(OCc3ccccc3)cc12. The van der Waals surface area contributed by atoms with E-state index in [0.29, 0.717) is 17.7 Å². The van der Waals surface area contributed by atoms with E-state index in [1.807, 2.05) is 42.5 Å². The summed E-state index contributed by atoms with van der Waals surface area (Å²) in [5.41, 5.74) is 0.788. The predicted octanol–water partition coefficient (Wildman–Crippen LogP) is 4.87. The van der Waals surface area contributed by atoms with Crippen LogP contribution in [0.2, 0.25) is 0 Å². The Morgan fingerprint density at radius 3 is 2.58 bits per heavy atom.